The van der Waals surface area contributed by atoms with Crippen molar-refractivity contribution in [2.75, 3.05) is 50.5 Å². The molecule has 1 amide bonds. The van der Waals surface area contributed by atoms with Crippen molar-refractivity contribution in [3.05, 3.63) is 40.4 Å². The number of carbonyl (C=O) groups is 1. The van der Waals surface area contributed by atoms with E-state index in [9.17, 15) is 18.8 Å². The molecule has 0 radical (unpaired) electrons. The molecule has 2 aromatic heterocycles. The molecule has 5 atom stereocenters. The molecule has 4 aliphatic heterocycles. The average molecular weight is 737 g/mol. The lowest BCUT2D eigenvalue weighted by Crippen LogP contribution is -2.43. The number of carbonyl (C=O) groups excluding carboxylic acids is 1. The van der Waals surface area contributed by atoms with Gasteiger partial charge < -0.3 is 20.3 Å². The number of nitrogens with one attached hydrogen (secondary N) is 1. The Morgan fingerprint density at radius 1 is 1.25 bits per heavy atom. The molecular formula is C36H36ClF3N8O2S. The topological polar surface area (TPSA) is 134 Å². The van der Waals surface area contributed by atoms with Gasteiger partial charge in [0.2, 0.25) is 5.91 Å². The van der Waals surface area contributed by atoms with Gasteiger partial charge >= 0.3 is 6.01 Å². The molecule has 15 heteroatoms. The van der Waals surface area contributed by atoms with Crippen LogP contribution < -0.4 is 20.7 Å². The lowest BCUT2D eigenvalue weighted by molar-refractivity contribution is -0.131. The zero-order chi connectivity index (χ0) is 35.3. The molecule has 4 saturated heterocycles. The first-order valence-corrected chi connectivity index (χ1v) is 18.7. The molecule has 9 rings (SSSR count). The van der Waals surface area contributed by atoms with E-state index in [1.807, 2.05) is 22.9 Å². The van der Waals surface area contributed by atoms with Gasteiger partial charge in [-0.3, -0.25) is 15.0 Å². The van der Waals surface area contributed by atoms with E-state index in [-0.39, 0.29) is 79.0 Å². The molecule has 5 aliphatic rings. The number of nitriles is 1. The lowest BCUT2D eigenvalue weighted by atomic mass is 9.95. The van der Waals surface area contributed by atoms with Gasteiger partial charge in [0, 0.05) is 55.5 Å². The minimum atomic E-state index is -0.951. The van der Waals surface area contributed by atoms with Crippen molar-refractivity contribution in [3.8, 4) is 23.2 Å². The summed E-state index contributed by atoms with van der Waals surface area (Å²) in [6.07, 6.45) is 4.10. The number of hydrogen-bond acceptors (Lipinski definition) is 10. The number of rotatable bonds is 8. The van der Waals surface area contributed by atoms with Crippen LogP contribution in [-0.4, -0.2) is 95.3 Å². The van der Waals surface area contributed by atoms with Gasteiger partial charge in [0.15, 0.2) is 5.82 Å². The van der Waals surface area contributed by atoms with E-state index in [1.54, 1.807) is 6.07 Å². The SMILES string of the molecule is CN(C(=O)[C@@H]1N[C@H]1C1CC1)[C@H]1CCN(c2nc(OC[C@@]34CCCN3C[C@H](F)C4)nc3c(F)c(-c4ccc(F)c5sc(N)c(C#N)c45)c(Cl)cc23)C1. The largest absolute Gasteiger partial charge is 0.461 e. The van der Waals surface area contributed by atoms with Crippen LogP contribution >= 0.6 is 22.9 Å². The number of aromatic nitrogens is 2. The second kappa shape index (κ2) is 12.1. The van der Waals surface area contributed by atoms with E-state index in [0.717, 1.165) is 43.6 Å². The Morgan fingerprint density at radius 2 is 2.08 bits per heavy atom. The Hall–Kier alpha value is -3.90. The van der Waals surface area contributed by atoms with E-state index in [2.05, 4.69) is 15.2 Å². The number of fused-ring (bicyclic) bond motifs is 3. The summed E-state index contributed by atoms with van der Waals surface area (Å²) in [5, 5.41) is 13.9. The van der Waals surface area contributed by atoms with Gasteiger partial charge in [-0.2, -0.15) is 15.2 Å². The molecule has 0 bridgehead atoms. The number of anilines is 2. The number of nitrogens with two attached hydrogens (primary N) is 1. The van der Waals surface area contributed by atoms with E-state index in [1.165, 1.54) is 12.1 Å². The Labute approximate surface area is 301 Å². The van der Waals surface area contributed by atoms with Crippen molar-refractivity contribution >= 4 is 60.7 Å². The van der Waals surface area contributed by atoms with Gasteiger partial charge in [-0.15, -0.1) is 11.3 Å². The number of amides is 1. The third kappa shape index (κ3) is 5.38. The Kier molecular flexibility index (Phi) is 7.81. The van der Waals surface area contributed by atoms with E-state index in [4.69, 9.17) is 27.1 Å². The first-order chi connectivity index (χ1) is 24.6. The quantitative estimate of drug-likeness (QED) is 0.221. The average Bonchev–Trinajstić information content (AvgIpc) is 3.94. The normalized spacial score (nSPS) is 27.3. The number of benzene rings is 2. The van der Waals surface area contributed by atoms with Crippen molar-refractivity contribution in [2.45, 2.75) is 68.4 Å². The molecule has 3 N–H and O–H groups in total. The van der Waals surface area contributed by atoms with Crippen molar-refractivity contribution in [1.82, 2.24) is 25.1 Å². The fourth-order valence-electron chi connectivity index (χ4n) is 8.76. The summed E-state index contributed by atoms with van der Waals surface area (Å²) in [6, 6.07) is 6.18. The van der Waals surface area contributed by atoms with Crippen molar-refractivity contribution in [1.29, 1.82) is 5.26 Å². The third-order valence-electron chi connectivity index (χ3n) is 11.6. The molecule has 1 saturated carbocycles. The third-order valence-corrected chi connectivity index (χ3v) is 13.0. The van der Waals surface area contributed by atoms with Crippen LogP contribution in [0.15, 0.2) is 18.2 Å². The van der Waals surface area contributed by atoms with Gasteiger partial charge in [-0.1, -0.05) is 17.7 Å². The van der Waals surface area contributed by atoms with Crippen LogP contribution in [-0.2, 0) is 4.79 Å². The molecular weight excluding hydrogens is 701 g/mol. The second-order valence-corrected chi connectivity index (χ2v) is 16.2. The van der Waals surface area contributed by atoms with Crippen LogP contribution in [0.1, 0.15) is 44.1 Å². The zero-order valence-electron chi connectivity index (χ0n) is 27.9. The number of nitrogens with zero attached hydrogens (tertiary/aromatic N) is 6. The highest BCUT2D eigenvalue weighted by Gasteiger charge is 2.53. The molecule has 0 spiro atoms. The predicted molar refractivity (Wildman–Crippen MR) is 190 cm³/mol. The van der Waals surface area contributed by atoms with E-state index < -0.39 is 23.3 Å². The summed E-state index contributed by atoms with van der Waals surface area (Å²) in [6.45, 7) is 2.28. The second-order valence-electron chi connectivity index (χ2n) is 14.7. The van der Waals surface area contributed by atoms with Gasteiger partial charge in [-0.25, -0.2) is 13.2 Å². The Balaban J connectivity index is 1.11. The first-order valence-electron chi connectivity index (χ1n) is 17.5. The molecule has 51 heavy (non-hydrogen) atoms. The summed E-state index contributed by atoms with van der Waals surface area (Å²) in [5.41, 5.74) is 5.74. The minimum absolute atomic E-state index is 0.0227. The summed E-state index contributed by atoms with van der Waals surface area (Å²) in [5.74, 6) is -0.294. The number of alkyl halides is 1. The van der Waals surface area contributed by atoms with E-state index in [0.29, 0.717) is 49.6 Å². The van der Waals surface area contributed by atoms with Gasteiger partial charge in [0.25, 0.3) is 0 Å². The van der Waals surface area contributed by atoms with E-state index >= 15 is 4.39 Å². The van der Waals surface area contributed by atoms with Gasteiger partial charge in [-0.05, 0) is 62.3 Å². The number of nitrogen functional groups attached to an aromatic ring is 1. The maximum absolute atomic E-state index is 17.1. The number of likely N-dealkylation sites (N-methyl/N-ethyl adjacent to an activating group) is 1. The molecule has 4 aromatic rings. The fourth-order valence-corrected chi connectivity index (χ4v) is 10.0. The molecule has 6 heterocycles. The maximum atomic E-state index is 17.1. The minimum Gasteiger partial charge on any atom is -0.461 e. The van der Waals surface area contributed by atoms with Crippen molar-refractivity contribution in [2.24, 2.45) is 5.92 Å². The zero-order valence-corrected chi connectivity index (χ0v) is 29.5. The van der Waals surface area contributed by atoms with Crippen LogP contribution in [0.3, 0.4) is 0 Å². The standard InChI is InChI=1S/C36H36ClF3N8O2S/c1-46(34(49)30-28(43-30)17-3-4-17)19-7-10-47(15-19)33-21-11-23(37)26(20-5-6-24(39)31-25(20)22(13-41)32(42)51-31)27(40)29(21)44-35(45-33)50-16-36-8-2-9-48(36)14-18(38)12-36/h5-6,11,17-19,28,30,43H,2-4,7-10,12,14-16,42H2,1H3/t18-,19+,28+,30-,36+/m1/s1. The number of halogens is 4. The summed E-state index contributed by atoms with van der Waals surface area (Å²) < 4.78 is 53.0. The molecule has 1 aliphatic carbocycles. The number of ether oxygens (including phenoxy) is 1. The molecule has 5 fully saturated rings. The van der Waals surface area contributed by atoms with Crippen LogP contribution in [0.2, 0.25) is 5.02 Å². The smallest absolute Gasteiger partial charge is 0.319 e. The van der Waals surface area contributed by atoms with Crippen LogP contribution in [0.4, 0.5) is 24.0 Å². The monoisotopic (exact) mass is 736 g/mol. The number of thiophene rings is 1. The highest BCUT2D eigenvalue weighted by molar-refractivity contribution is 7.23. The maximum Gasteiger partial charge on any atom is 0.319 e. The van der Waals surface area contributed by atoms with Gasteiger partial charge in [0.05, 0.1) is 26.9 Å². The number of hydrogen-bond donors (Lipinski definition) is 2. The molecule has 0 unspecified atom stereocenters. The fraction of sp³-hybridized carbons (Fsp3) is 0.500. The predicted octanol–water partition coefficient (Wildman–Crippen LogP) is 5.64. The Morgan fingerprint density at radius 3 is 2.86 bits per heavy atom. The summed E-state index contributed by atoms with van der Waals surface area (Å²) in [7, 11) is 1.83. The van der Waals surface area contributed by atoms with Crippen molar-refractivity contribution in [3.63, 3.8) is 0 Å². The lowest BCUT2D eigenvalue weighted by Gasteiger charge is -2.31. The molecule has 10 nitrogen and oxygen atoms in total. The summed E-state index contributed by atoms with van der Waals surface area (Å²) in [4.78, 5) is 28.7. The summed E-state index contributed by atoms with van der Waals surface area (Å²) >= 11 is 7.80. The van der Waals surface area contributed by atoms with Crippen LogP contribution in [0.25, 0.3) is 32.1 Å². The van der Waals surface area contributed by atoms with Gasteiger partial charge in [0.1, 0.15) is 47.0 Å². The highest BCUT2D eigenvalue weighted by Crippen LogP contribution is 2.47. The molecule has 266 valence electrons. The molecule has 2 aromatic carbocycles. The van der Waals surface area contributed by atoms with Crippen LogP contribution in [0, 0.1) is 28.9 Å². The van der Waals surface area contributed by atoms with Crippen molar-refractivity contribution < 1.29 is 22.7 Å². The Bertz CT molecular complexity index is 2160. The van der Waals surface area contributed by atoms with Crippen LogP contribution in [0.5, 0.6) is 6.01 Å². The first kappa shape index (κ1) is 33.0. The highest BCUT2D eigenvalue weighted by atomic mass is 35.5.